The van der Waals surface area contributed by atoms with Gasteiger partial charge in [-0.3, -0.25) is 14.5 Å². The Morgan fingerprint density at radius 3 is 2.54 bits per heavy atom. The van der Waals surface area contributed by atoms with Crippen molar-refractivity contribution >= 4 is 17.9 Å². The van der Waals surface area contributed by atoms with Gasteiger partial charge in [-0.2, -0.15) is 0 Å². The minimum absolute atomic E-state index is 0.0451. The number of benzene rings is 1. The highest BCUT2D eigenvalue weighted by atomic mass is 16.6. The van der Waals surface area contributed by atoms with E-state index in [1.54, 1.807) is 6.92 Å². The van der Waals surface area contributed by atoms with Crippen LogP contribution >= 0.6 is 0 Å². The second-order valence-electron chi connectivity index (χ2n) is 6.64. The molecule has 0 spiro atoms. The normalized spacial score (nSPS) is 19.4. The predicted molar refractivity (Wildman–Crippen MR) is 95.8 cm³/mol. The minimum Gasteiger partial charge on any atom is -0.490 e. The molecule has 1 atom stereocenters. The van der Waals surface area contributed by atoms with Crippen LogP contribution in [0.15, 0.2) is 24.3 Å². The van der Waals surface area contributed by atoms with Gasteiger partial charge in [0.15, 0.2) is 0 Å². The molecular weight excluding hydrogens is 336 g/mol. The molecule has 3 amide bonds. The highest BCUT2D eigenvalue weighted by Crippen LogP contribution is 2.23. The van der Waals surface area contributed by atoms with Gasteiger partial charge in [0, 0.05) is 0 Å². The zero-order chi connectivity index (χ0) is 19.2. The maximum Gasteiger partial charge on any atom is 0.326 e. The predicted octanol–water partition coefficient (Wildman–Crippen LogP) is 2.42. The molecule has 1 aliphatic rings. The number of amides is 3. The van der Waals surface area contributed by atoms with Crippen molar-refractivity contribution in [3.05, 3.63) is 29.8 Å². The van der Waals surface area contributed by atoms with Crippen LogP contribution in [0.1, 0.15) is 38.7 Å². The lowest BCUT2D eigenvalue weighted by Crippen LogP contribution is -2.44. The molecule has 0 unspecified atom stereocenters. The molecule has 1 aromatic rings. The Morgan fingerprint density at radius 2 is 1.88 bits per heavy atom. The van der Waals surface area contributed by atoms with Gasteiger partial charge in [-0.25, -0.2) is 4.79 Å². The third kappa shape index (κ3) is 4.97. The van der Waals surface area contributed by atoms with E-state index in [0.29, 0.717) is 12.2 Å². The molecule has 0 aliphatic carbocycles. The summed E-state index contributed by atoms with van der Waals surface area (Å²) in [6.07, 6.45) is 2.28. The number of carbonyl (C=O) groups excluding carboxylic acids is 3. The van der Waals surface area contributed by atoms with Gasteiger partial charge in [-0.05, 0) is 32.4 Å². The molecule has 0 saturated carbocycles. The van der Waals surface area contributed by atoms with Crippen LogP contribution in [0.4, 0.5) is 4.79 Å². The fourth-order valence-corrected chi connectivity index (χ4v) is 2.71. The molecule has 0 radical (unpaired) electrons. The highest BCUT2D eigenvalue weighted by molar-refractivity contribution is 6.08. The van der Waals surface area contributed by atoms with E-state index in [0.717, 1.165) is 23.3 Å². The molecule has 1 aromatic carbocycles. The lowest BCUT2D eigenvalue weighted by molar-refractivity contribution is -0.148. The van der Waals surface area contributed by atoms with E-state index in [4.69, 9.17) is 9.47 Å². The highest BCUT2D eigenvalue weighted by Gasteiger charge is 2.47. The number of imide groups is 1. The average molecular weight is 362 g/mol. The van der Waals surface area contributed by atoms with Crippen molar-refractivity contribution in [1.29, 1.82) is 0 Å². The Labute approximate surface area is 153 Å². The Morgan fingerprint density at radius 1 is 1.19 bits per heavy atom. The molecule has 7 nitrogen and oxygen atoms in total. The zero-order valence-electron chi connectivity index (χ0n) is 15.5. The monoisotopic (exact) mass is 362 g/mol. The van der Waals surface area contributed by atoms with Gasteiger partial charge < -0.3 is 14.8 Å². The summed E-state index contributed by atoms with van der Waals surface area (Å²) in [6, 6.07) is 6.97. The van der Waals surface area contributed by atoms with Crippen LogP contribution in [-0.2, 0) is 14.3 Å². The topological polar surface area (TPSA) is 84.9 Å². The fourth-order valence-electron chi connectivity index (χ4n) is 2.71. The summed E-state index contributed by atoms with van der Waals surface area (Å²) in [5.74, 6) is -0.336. The zero-order valence-corrected chi connectivity index (χ0v) is 15.5. The third-order valence-corrected chi connectivity index (χ3v) is 4.30. The maximum atomic E-state index is 12.4. The SMILES string of the molecule is CCCC[C@@]1(C)NC(=O)N(CC(=O)OCCOc2ccc(C)cc2)C1=O. The number of ether oxygens (including phenoxy) is 2. The lowest BCUT2D eigenvalue weighted by atomic mass is 9.95. The van der Waals surface area contributed by atoms with Gasteiger partial charge in [-0.1, -0.05) is 37.5 Å². The van der Waals surface area contributed by atoms with Gasteiger partial charge in [-0.15, -0.1) is 0 Å². The molecule has 0 aromatic heterocycles. The van der Waals surface area contributed by atoms with Crippen molar-refractivity contribution < 1.29 is 23.9 Å². The smallest absolute Gasteiger partial charge is 0.326 e. The second-order valence-corrected chi connectivity index (χ2v) is 6.64. The van der Waals surface area contributed by atoms with E-state index in [1.807, 2.05) is 38.1 Å². The molecule has 1 heterocycles. The first-order valence-corrected chi connectivity index (χ1v) is 8.85. The number of rotatable bonds is 9. The van der Waals surface area contributed by atoms with Crippen LogP contribution in [0.25, 0.3) is 0 Å². The second kappa shape index (κ2) is 8.69. The summed E-state index contributed by atoms with van der Waals surface area (Å²) in [5.41, 5.74) is 0.185. The lowest BCUT2D eigenvalue weighted by Gasteiger charge is -2.21. The Bertz CT molecular complexity index is 658. The van der Waals surface area contributed by atoms with Crippen molar-refractivity contribution in [2.45, 2.75) is 45.6 Å². The molecule has 26 heavy (non-hydrogen) atoms. The Balaban J connectivity index is 1.75. The van der Waals surface area contributed by atoms with Crippen molar-refractivity contribution in [2.24, 2.45) is 0 Å². The minimum atomic E-state index is -0.943. The number of hydrogen-bond acceptors (Lipinski definition) is 5. The van der Waals surface area contributed by atoms with Crippen LogP contribution in [0, 0.1) is 6.92 Å². The number of aryl methyl sites for hydroxylation is 1. The Kier molecular flexibility index (Phi) is 6.60. The van der Waals surface area contributed by atoms with E-state index < -0.39 is 24.1 Å². The number of unbranched alkanes of at least 4 members (excludes halogenated alkanes) is 1. The van der Waals surface area contributed by atoms with E-state index in [-0.39, 0.29) is 19.1 Å². The molecule has 7 heteroatoms. The summed E-state index contributed by atoms with van der Waals surface area (Å²) in [5, 5.41) is 2.67. The van der Waals surface area contributed by atoms with Crippen LogP contribution in [0.2, 0.25) is 0 Å². The van der Waals surface area contributed by atoms with Gasteiger partial charge in [0.2, 0.25) is 0 Å². The van der Waals surface area contributed by atoms with Crippen LogP contribution in [-0.4, -0.2) is 48.1 Å². The van der Waals surface area contributed by atoms with Crippen LogP contribution in [0.3, 0.4) is 0 Å². The third-order valence-electron chi connectivity index (χ3n) is 4.30. The number of nitrogens with zero attached hydrogens (tertiary/aromatic N) is 1. The number of nitrogens with one attached hydrogen (secondary N) is 1. The molecule has 1 N–H and O–H groups in total. The van der Waals surface area contributed by atoms with Gasteiger partial charge in [0.05, 0.1) is 0 Å². The van der Waals surface area contributed by atoms with E-state index in [1.165, 1.54) is 0 Å². The molecule has 1 saturated heterocycles. The van der Waals surface area contributed by atoms with Crippen LogP contribution in [0.5, 0.6) is 5.75 Å². The van der Waals surface area contributed by atoms with E-state index >= 15 is 0 Å². The first-order valence-electron chi connectivity index (χ1n) is 8.85. The summed E-state index contributed by atoms with van der Waals surface area (Å²) in [4.78, 5) is 37.3. The Hall–Kier alpha value is -2.57. The number of carbonyl (C=O) groups is 3. The molecular formula is C19H26N2O5. The maximum absolute atomic E-state index is 12.4. The van der Waals surface area contributed by atoms with Crippen molar-refractivity contribution in [2.75, 3.05) is 19.8 Å². The van der Waals surface area contributed by atoms with Gasteiger partial charge in [0.25, 0.3) is 5.91 Å². The first kappa shape index (κ1) is 19.8. The number of urea groups is 1. The van der Waals surface area contributed by atoms with Gasteiger partial charge in [0.1, 0.15) is 31.0 Å². The van der Waals surface area contributed by atoms with Crippen LogP contribution < -0.4 is 10.1 Å². The van der Waals surface area contributed by atoms with Crippen molar-refractivity contribution in [1.82, 2.24) is 10.2 Å². The summed E-state index contributed by atoms with van der Waals surface area (Å²) >= 11 is 0. The quantitative estimate of drug-likeness (QED) is 0.414. The van der Waals surface area contributed by atoms with Gasteiger partial charge >= 0.3 is 12.0 Å². The molecule has 142 valence electrons. The molecule has 2 rings (SSSR count). The van der Waals surface area contributed by atoms with E-state index in [2.05, 4.69) is 5.32 Å². The largest absolute Gasteiger partial charge is 0.490 e. The summed E-state index contributed by atoms with van der Waals surface area (Å²) in [7, 11) is 0. The molecule has 0 bridgehead atoms. The molecule has 1 fully saturated rings. The van der Waals surface area contributed by atoms with Crippen molar-refractivity contribution in [3.63, 3.8) is 0 Å². The van der Waals surface area contributed by atoms with E-state index in [9.17, 15) is 14.4 Å². The average Bonchev–Trinajstić information content (AvgIpc) is 2.82. The molecule has 1 aliphatic heterocycles. The summed E-state index contributed by atoms with van der Waals surface area (Å²) < 4.78 is 10.5. The first-order chi connectivity index (χ1) is 12.4. The number of esters is 1. The number of hydrogen-bond donors (Lipinski definition) is 1. The van der Waals surface area contributed by atoms with Crippen molar-refractivity contribution in [3.8, 4) is 5.75 Å². The fraction of sp³-hybridized carbons (Fsp3) is 0.526. The standard InChI is InChI=1S/C19H26N2O5/c1-4-5-10-19(3)17(23)21(18(24)20-19)13-16(22)26-12-11-25-15-8-6-14(2)7-9-15/h6-9H,4-5,10-13H2,1-3H3,(H,20,24)/t19-/m1/s1. The summed E-state index contributed by atoms with van der Waals surface area (Å²) in [6.45, 7) is 5.53.